The zero-order valence-electron chi connectivity index (χ0n) is 16.7. The van der Waals surface area contributed by atoms with Gasteiger partial charge in [0.2, 0.25) is 17.7 Å². The zero-order valence-corrected chi connectivity index (χ0v) is 17.6. The van der Waals surface area contributed by atoms with Crippen LogP contribution >= 0.6 is 11.3 Å². The topological polar surface area (TPSA) is 72.1 Å². The van der Waals surface area contributed by atoms with Crippen molar-refractivity contribution in [3.05, 3.63) is 65.0 Å². The quantitative estimate of drug-likeness (QED) is 0.458. The van der Waals surface area contributed by atoms with Crippen molar-refractivity contribution >= 4 is 27.5 Å². The molecule has 1 saturated heterocycles. The number of thiazole rings is 1. The minimum absolute atomic E-state index is 0.0701. The van der Waals surface area contributed by atoms with Crippen LogP contribution in [-0.2, 0) is 11.2 Å². The summed E-state index contributed by atoms with van der Waals surface area (Å²) in [7, 11) is 0. The first-order valence-corrected chi connectivity index (χ1v) is 11.0. The van der Waals surface area contributed by atoms with Crippen molar-refractivity contribution in [3.8, 4) is 11.5 Å². The second-order valence-corrected chi connectivity index (χ2v) is 8.69. The normalized spacial score (nSPS) is 16.4. The minimum atomic E-state index is 0.0701. The van der Waals surface area contributed by atoms with Crippen LogP contribution in [0, 0.1) is 6.92 Å². The highest BCUT2D eigenvalue weighted by molar-refractivity contribution is 7.18. The number of fused-ring (bicyclic) bond motifs is 1. The van der Waals surface area contributed by atoms with Gasteiger partial charge in [-0.15, -0.1) is 21.5 Å². The van der Waals surface area contributed by atoms with Gasteiger partial charge < -0.3 is 9.32 Å². The van der Waals surface area contributed by atoms with Crippen LogP contribution in [0.5, 0.6) is 0 Å². The van der Waals surface area contributed by atoms with Gasteiger partial charge in [0, 0.05) is 24.9 Å². The molecule has 5 rings (SSSR count). The summed E-state index contributed by atoms with van der Waals surface area (Å²) in [6.07, 6.45) is 2.77. The highest BCUT2D eigenvalue weighted by Crippen LogP contribution is 2.36. The Kier molecular flexibility index (Phi) is 5.04. The first-order chi connectivity index (χ1) is 14.7. The molecule has 2 aromatic heterocycles. The van der Waals surface area contributed by atoms with Crippen molar-refractivity contribution in [2.24, 2.45) is 0 Å². The molecular weight excluding hydrogens is 396 g/mol. The number of aromatic nitrogens is 3. The van der Waals surface area contributed by atoms with Gasteiger partial charge in [-0.25, -0.2) is 4.98 Å². The Hall–Kier alpha value is -3.06. The van der Waals surface area contributed by atoms with Crippen molar-refractivity contribution in [1.29, 1.82) is 0 Å². The summed E-state index contributed by atoms with van der Waals surface area (Å²) < 4.78 is 6.94. The number of benzene rings is 2. The van der Waals surface area contributed by atoms with Gasteiger partial charge in [-0.05, 0) is 44.0 Å². The first-order valence-electron chi connectivity index (χ1n) is 10.2. The first kappa shape index (κ1) is 18.9. The molecule has 0 radical (unpaired) electrons. The average Bonchev–Trinajstić information content (AvgIpc) is 3.51. The van der Waals surface area contributed by atoms with Crippen LogP contribution in [0.3, 0.4) is 0 Å². The molecule has 0 unspecified atom stereocenters. The largest absolute Gasteiger partial charge is 0.421 e. The molecule has 4 aromatic rings. The van der Waals surface area contributed by atoms with Crippen LogP contribution in [0.25, 0.3) is 21.7 Å². The zero-order chi connectivity index (χ0) is 20.5. The van der Waals surface area contributed by atoms with E-state index in [2.05, 4.69) is 16.3 Å². The fourth-order valence-corrected chi connectivity index (χ4v) is 4.99. The molecule has 1 atom stereocenters. The summed E-state index contributed by atoms with van der Waals surface area (Å²) in [6.45, 7) is 2.81. The van der Waals surface area contributed by atoms with Crippen molar-refractivity contribution in [3.63, 3.8) is 0 Å². The maximum atomic E-state index is 12.9. The van der Waals surface area contributed by atoms with Crippen molar-refractivity contribution < 1.29 is 9.21 Å². The lowest BCUT2D eigenvalue weighted by atomic mass is 10.1. The number of hydrogen-bond acceptors (Lipinski definition) is 6. The van der Waals surface area contributed by atoms with Gasteiger partial charge in [-0.1, -0.05) is 29.8 Å². The molecule has 0 aliphatic carbocycles. The second-order valence-electron chi connectivity index (χ2n) is 7.63. The molecule has 1 aliphatic heterocycles. The Morgan fingerprint density at radius 2 is 2.00 bits per heavy atom. The van der Waals surface area contributed by atoms with E-state index in [4.69, 9.17) is 9.40 Å². The van der Waals surface area contributed by atoms with Crippen LogP contribution in [0.15, 0.2) is 52.9 Å². The van der Waals surface area contributed by atoms with Gasteiger partial charge in [0.1, 0.15) is 5.01 Å². The third kappa shape index (κ3) is 3.73. The maximum absolute atomic E-state index is 12.9. The molecule has 152 valence electrons. The molecule has 2 aromatic carbocycles. The Morgan fingerprint density at radius 1 is 1.17 bits per heavy atom. The van der Waals surface area contributed by atoms with Crippen molar-refractivity contribution in [2.75, 3.05) is 6.54 Å². The molecule has 1 aliphatic rings. The van der Waals surface area contributed by atoms with Gasteiger partial charge in [-0.2, -0.15) is 0 Å². The standard InChI is InChI=1S/C23H22N4O2S/c1-15-8-10-16(11-9-15)22-26-25-20(29-22)12-13-21(28)27-14-4-6-18(27)23-24-17-5-2-3-7-19(17)30-23/h2-3,5,7-11,18H,4,6,12-14H2,1H3/t18-/m0/s1. The molecule has 0 bridgehead atoms. The summed E-state index contributed by atoms with van der Waals surface area (Å²) in [5.74, 6) is 1.10. The van der Waals surface area contributed by atoms with Crippen molar-refractivity contribution in [2.45, 2.75) is 38.6 Å². The maximum Gasteiger partial charge on any atom is 0.247 e. The molecular formula is C23H22N4O2S. The lowest BCUT2D eigenvalue weighted by Crippen LogP contribution is -2.30. The van der Waals surface area contributed by atoms with Crippen LogP contribution in [-0.4, -0.2) is 32.5 Å². The number of carbonyl (C=O) groups is 1. The molecule has 0 saturated carbocycles. The fraction of sp³-hybridized carbons (Fsp3) is 0.304. The minimum Gasteiger partial charge on any atom is -0.421 e. The molecule has 1 fully saturated rings. The van der Waals surface area contributed by atoms with E-state index >= 15 is 0 Å². The second kappa shape index (κ2) is 7.99. The van der Waals surface area contributed by atoms with Crippen LogP contribution in [0.1, 0.15) is 41.8 Å². The van der Waals surface area contributed by atoms with E-state index < -0.39 is 0 Å². The van der Waals surface area contributed by atoms with Crippen LogP contribution in [0.4, 0.5) is 0 Å². The molecule has 3 heterocycles. The summed E-state index contributed by atoms with van der Waals surface area (Å²) in [5.41, 5.74) is 3.07. The third-order valence-electron chi connectivity index (χ3n) is 5.49. The number of rotatable bonds is 5. The van der Waals surface area contributed by atoms with E-state index in [9.17, 15) is 4.79 Å². The number of hydrogen-bond donors (Lipinski definition) is 0. The number of amides is 1. The Balaban J connectivity index is 1.25. The fourth-order valence-electron chi connectivity index (χ4n) is 3.88. The monoisotopic (exact) mass is 418 g/mol. The smallest absolute Gasteiger partial charge is 0.247 e. The van der Waals surface area contributed by atoms with E-state index in [1.807, 2.05) is 54.3 Å². The lowest BCUT2D eigenvalue weighted by Gasteiger charge is -2.22. The average molecular weight is 419 g/mol. The molecule has 0 spiro atoms. The molecule has 6 nitrogen and oxygen atoms in total. The predicted molar refractivity (Wildman–Crippen MR) is 116 cm³/mol. The number of likely N-dealkylation sites (tertiary alicyclic amines) is 1. The van der Waals surface area contributed by atoms with E-state index in [-0.39, 0.29) is 11.9 Å². The Labute approximate surface area is 178 Å². The number of aryl methyl sites for hydroxylation is 2. The number of para-hydroxylation sites is 1. The van der Waals surface area contributed by atoms with Gasteiger partial charge in [0.05, 0.1) is 16.3 Å². The van der Waals surface area contributed by atoms with Gasteiger partial charge in [0.25, 0.3) is 0 Å². The number of nitrogens with zero attached hydrogens (tertiary/aromatic N) is 4. The van der Waals surface area contributed by atoms with E-state index in [0.717, 1.165) is 35.5 Å². The van der Waals surface area contributed by atoms with Crippen molar-refractivity contribution in [1.82, 2.24) is 20.1 Å². The third-order valence-corrected chi connectivity index (χ3v) is 6.62. The molecule has 30 heavy (non-hydrogen) atoms. The lowest BCUT2D eigenvalue weighted by molar-refractivity contribution is -0.132. The van der Waals surface area contributed by atoms with E-state index in [0.29, 0.717) is 24.6 Å². The van der Waals surface area contributed by atoms with Gasteiger partial charge >= 0.3 is 0 Å². The van der Waals surface area contributed by atoms with Crippen LogP contribution in [0.2, 0.25) is 0 Å². The van der Waals surface area contributed by atoms with E-state index in [1.165, 1.54) is 10.3 Å². The molecule has 7 heteroatoms. The predicted octanol–water partition coefficient (Wildman–Crippen LogP) is 4.95. The van der Waals surface area contributed by atoms with Gasteiger partial charge in [0.15, 0.2) is 0 Å². The Morgan fingerprint density at radius 3 is 2.83 bits per heavy atom. The molecule has 0 N–H and O–H groups in total. The number of carbonyl (C=O) groups excluding carboxylic acids is 1. The summed E-state index contributed by atoms with van der Waals surface area (Å²) in [5, 5.41) is 9.28. The highest BCUT2D eigenvalue weighted by Gasteiger charge is 2.32. The van der Waals surface area contributed by atoms with Gasteiger partial charge in [-0.3, -0.25) is 4.79 Å². The summed E-state index contributed by atoms with van der Waals surface area (Å²) >= 11 is 1.69. The highest BCUT2D eigenvalue weighted by atomic mass is 32.1. The van der Waals surface area contributed by atoms with Crippen LogP contribution < -0.4 is 0 Å². The Bertz CT molecular complexity index is 1150. The molecule has 1 amide bonds. The summed E-state index contributed by atoms with van der Waals surface area (Å²) in [6, 6.07) is 16.2. The summed E-state index contributed by atoms with van der Waals surface area (Å²) in [4.78, 5) is 19.7. The van der Waals surface area contributed by atoms with E-state index in [1.54, 1.807) is 11.3 Å². The SMILES string of the molecule is Cc1ccc(-c2nnc(CCC(=O)N3CCC[C@H]3c3nc4ccccc4s3)o2)cc1.